The Balaban J connectivity index is 1.92. The zero-order valence-corrected chi connectivity index (χ0v) is 12.3. The van der Waals surface area contributed by atoms with Crippen molar-refractivity contribution in [1.29, 1.82) is 0 Å². The van der Waals surface area contributed by atoms with Gasteiger partial charge >= 0.3 is 0 Å². The second-order valence-electron chi connectivity index (χ2n) is 4.48. The Morgan fingerprint density at radius 3 is 2.78 bits per heavy atom. The highest BCUT2D eigenvalue weighted by Gasteiger charge is 2.00. The molecular formula is C15H17BrN2. The van der Waals surface area contributed by atoms with E-state index in [4.69, 9.17) is 0 Å². The molecule has 0 atom stereocenters. The normalized spacial score (nSPS) is 10.4. The standard InChI is InChI=1S/C15H17BrN2/c1-11-4-3-5-13(8-11)6-7-17-15-12(2)9-14(16)10-18-15/h3-5,8-10H,6-7H2,1-2H3,(H,17,18). The summed E-state index contributed by atoms with van der Waals surface area (Å²) in [5.74, 6) is 0.964. The van der Waals surface area contributed by atoms with Gasteiger partial charge in [-0.05, 0) is 53.4 Å². The smallest absolute Gasteiger partial charge is 0.128 e. The molecule has 0 saturated heterocycles. The lowest BCUT2D eigenvalue weighted by Crippen LogP contribution is -2.07. The minimum Gasteiger partial charge on any atom is -0.370 e. The molecule has 0 aliphatic rings. The molecule has 0 aliphatic carbocycles. The zero-order chi connectivity index (χ0) is 13.0. The highest BCUT2D eigenvalue weighted by Crippen LogP contribution is 2.16. The third-order valence-electron chi connectivity index (χ3n) is 2.83. The first-order valence-corrected chi connectivity index (χ1v) is 6.86. The number of halogens is 1. The Hall–Kier alpha value is -1.35. The minimum absolute atomic E-state index is 0.902. The second kappa shape index (κ2) is 6.01. The Bertz CT molecular complexity index is 538. The molecule has 0 bridgehead atoms. The number of nitrogens with one attached hydrogen (secondary N) is 1. The summed E-state index contributed by atoms with van der Waals surface area (Å²) in [6, 6.07) is 10.7. The largest absolute Gasteiger partial charge is 0.370 e. The van der Waals surface area contributed by atoms with Crippen molar-refractivity contribution in [2.75, 3.05) is 11.9 Å². The molecule has 1 aromatic carbocycles. The molecule has 0 spiro atoms. The molecule has 0 radical (unpaired) electrons. The van der Waals surface area contributed by atoms with Gasteiger partial charge in [0.1, 0.15) is 5.82 Å². The summed E-state index contributed by atoms with van der Waals surface area (Å²) in [4.78, 5) is 4.37. The Morgan fingerprint density at radius 2 is 2.06 bits per heavy atom. The summed E-state index contributed by atoms with van der Waals surface area (Å²) in [5, 5.41) is 3.38. The quantitative estimate of drug-likeness (QED) is 0.919. The topological polar surface area (TPSA) is 24.9 Å². The number of anilines is 1. The van der Waals surface area contributed by atoms with E-state index >= 15 is 0 Å². The first-order valence-electron chi connectivity index (χ1n) is 6.07. The number of pyridine rings is 1. The molecule has 2 aromatic rings. The average molecular weight is 305 g/mol. The van der Waals surface area contributed by atoms with Gasteiger partial charge in [0.15, 0.2) is 0 Å². The third-order valence-corrected chi connectivity index (χ3v) is 3.27. The summed E-state index contributed by atoms with van der Waals surface area (Å²) >= 11 is 3.42. The van der Waals surface area contributed by atoms with Gasteiger partial charge in [0, 0.05) is 17.2 Å². The van der Waals surface area contributed by atoms with E-state index in [0.717, 1.165) is 28.8 Å². The lowest BCUT2D eigenvalue weighted by molar-refractivity contribution is 0.998. The van der Waals surface area contributed by atoms with Crippen LogP contribution in [0.4, 0.5) is 5.82 Å². The van der Waals surface area contributed by atoms with Crippen LogP contribution >= 0.6 is 15.9 Å². The molecule has 0 unspecified atom stereocenters. The third kappa shape index (κ3) is 3.57. The second-order valence-corrected chi connectivity index (χ2v) is 5.40. The van der Waals surface area contributed by atoms with Crippen molar-refractivity contribution in [3.05, 3.63) is 57.7 Å². The fourth-order valence-electron chi connectivity index (χ4n) is 1.92. The van der Waals surface area contributed by atoms with Gasteiger partial charge in [-0.2, -0.15) is 0 Å². The molecule has 2 nitrogen and oxygen atoms in total. The van der Waals surface area contributed by atoms with E-state index in [0.29, 0.717) is 0 Å². The van der Waals surface area contributed by atoms with Crippen LogP contribution in [-0.4, -0.2) is 11.5 Å². The van der Waals surface area contributed by atoms with Crippen LogP contribution in [0.1, 0.15) is 16.7 Å². The van der Waals surface area contributed by atoms with Gasteiger partial charge in [0.05, 0.1) is 0 Å². The summed E-state index contributed by atoms with van der Waals surface area (Å²) in [7, 11) is 0. The highest BCUT2D eigenvalue weighted by molar-refractivity contribution is 9.10. The van der Waals surface area contributed by atoms with E-state index in [1.807, 2.05) is 6.20 Å². The maximum atomic E-state index is 4.37. The summed E-state index contributed by atoms with van der Waals surface area (Å²) < 4.78 is 1.02. The van der Waals surface area contributed by atoms with Crippen LogP contribution in [0.25, 0.3) is 0 Å². The van der Waals surface area contributed by atoms with Crippen molar-refractivity contribution in [1.82, 2.24) is 4.98 Å². The first-order chi connectivity index (χ1) is 8.65. The van der Waals surface area contributed by atoms with Crippen LogP contribution in [0, 0.1) is 13.8 Å². The molecule has 94 valence electrons. The molecule has 1 heterocycles. The Labute approximate surface area is 117 Å². The number of nitrogens with zero attached hydrogens (tertiary/aromatic N) is 1. The fraction of sp³-hybridized carbons (Fsp3) is 0.267. The number of aromatic nitrogens is 1. The number of hydrogen-bond donors (Lipinski definition) is 1. The maximum Gasteiger partial charge on any atom is 0.128 e. The van der Waals surface area contributed by atoms with Gasteiger partial charge in [0.2, 0.25) is 0 Å². The molecule has 3 heteroatoms. The van der Waals surface area contributed by atoms with Crippen LogP contribution in [0.3, 0.4) is 0 Å². The van der Waals surface area contributed by atoms with Crippen molar-refractivity contribution < 1.29 is 0 Å². The zero-order valence-electron chi connectivity index (χ0n) is 10.7. The number of aryl methyl sites for hydroxylation is 2. The van der Waals surface area contributed by atoms with E-state index in [-0.39, 0.29) is 0 Å². The summed E-state index contributed by atoms with van der Waals surface area (Å²) in [6.07, 6.45) is 2.83. The number of rotatable bonds is 4. The molecule has 1 aromatic heterocycles. The van der Waals surface area contributed by atoms with Crippen LogP contribution in [0.15, 0.2) is 41.0 Å². The van der Waals surface area contributed by atoms with Crippen LogP contribution in [-0.2, 0) is 6.42 Å². The maximum absolute atomic E-state index is 4.37. The van der Waals surface area contributed by atoms with Crippen LogP contribution < -0.4 is 5.32 Å². The van der Waals surface area contributed by atoms with Gasteiger partial charge in [-0.15, -0.1) is 0 Å². The monoisotopic (exact) mass is 304 g/mol. The number of hydrogen-bond acceptors (Lipinski definition) is 2. The van der Waals surface area contributed by atoms with Gasteiger partial charge in [0.25, 0.3) is 0 Å². The number of benzene rings is 1. The SMILES string of the molecule is Cc1cccc(CCNc2ncc(Br)cc2C)c1. The van der Waals surface area contributed by atoms with Crippen molar-refractivity contribution in [2.45, 2.75) is 20.3 Å². The molecule has 1 N–H and O–H groups in total. The average Bonchev–Trinajstić information content (AvgIpc) is 2.32. The van der Waals surface area contributed by atoms with Gasteiger partial charge in [-0.3, -0.25) is 0 Å². The molecule has 2 rings (SSSR count). The molecule has 0 amide bonds. The predicted molar refractivity (Wildman–Crippen MR) is 80.0 cm³/mol. The van der Waals surface area contributed by atoms with Gasteiger partial charge < -0.3 is 5.32 Å². The Kier molecular flexibility index (Phi) is 4.37. The molecule has 0 aliphatic heterocycles. The lowest BCUT2D eigenvalue weighted by Gasteiger charge is -2.09. The molecule has 0 fully saturated rings. The lowest BCUT2D eigenvalue weighted by atomic mass is 10.1. The van der Waals surface area contributed by atoms with E-state index in [2.05, 4.69) is 70.4 Å². The van der Waals surface area contributed by atoms with E-state index in [9.17, 15) is 0 Å². The van der Waals surface area contributed by atoms with Gasteiger partial charge in [-0.1, -0.05) is 29.8 Å². The van der Waals surface area contributed by atoms with Crippen LogP contribution in [0.2, 0.25) is 0 Å². The van der Waals surface area contributed by atoms with Crippen molar-refractivity contribution in [2.24, 2.45) is 0 Å². The highest BCUT2D eigenvalue weighted by atomic mass is 79.9. The molecule has 0 saturated carbocycles. The van der Waals surface area contributed by atoms with E-state index in [1.54, 1.807) is 0 Å². The van der Waals surface area contributed by atoms with E-state index in [1.165, 1.54) is 11.1 Å². The van der Waals surface area contributed by atoms with Gasteiger partial charge in [-0.25, -0.2) is 4.98 Å². The summed E-state index contributed by atoms with van der Waals surface area (Å²) in [6.45, 7) is 5.09. The molecule has 18 heavy (non-hydrogen) atoms. The summed E-state index contributed by atoms with van der Waals surface area (Å²) in [5.41, 5.74) is 3.83. The van der Waals surface area contributed by atoms with Crippen molar-refractivity contribution in [3.8, 4) is 0 Å². The molecular weight excluding hydrogens is 288 g/mol. The fourth-order valence-corrected chi connectivity index (χ4v) is 2.36. The van der Waals surface area contributed by atoms with Crippen molar-refractivity contribution >= 4 is 21.7 Å². The first kappa shape index (κ1) is 13.1. The van der Waals surface area contributed by atoms with Crippen LogP contribution in [0.5, 0.6) is 0 Å². The minimum atomic E-state index is 0.902. The Morgan fingerprint density at radius 1 is 1.22 bits per heavy atom. The van der Waals surface area contributed by atoms with E-state index < -0.39 is 0 Å². The predicted octanol–water partition coefficient (Wildman–Crippen LogP) is 4.12. The van der Waals surface area contributed by atoms with Crippen molar-refractivity contribution in [3.63, 3.8) is 0 Å².